The molecular formula is C17H12ClNO4. The number of aromatic hydroxyl groups is 1. The third kappa shape index (κ3) is 3.05. The first-order valence-corrected chi connectivity index (χ1v) is 7.16. The van der Waals surface area contributed by atoms with E-state index >= 15 is 0 Å². The van der Waals surface area contributed by atoms with E-state index in [4.69, 9.17) is 16.0 Å². The normalized spacial score (nSPS) is 10.7. The Morgan fingerprint density at radius 2 is 1.96 bits per heavy atom. The molecule has 0 radical (unpaired) electrons. The Labute approximate surface area is 136 Å². The van der Waals surface area contributed by atoms with Crippen LogP contribution in [-0.2, 0) is 0 Å². The highest BCUT2D eigenvalue weighted by Gasteiger charge is 2.15. The van der Waals surface area contributed by atoms with Gasteiger partial charge >= 0.3 is 5.63 Å². The number of aryl methyl sites for hydroxylation is 1. The van der Waals surface area contributed by atoms with Crippen molar-refractivity contribution < 1.29 is 14.3 Å². The van der Waals surface area contributed by atoms with Crippen molar-refractivity contribution in [3.63, 3.8) is 0 Å². The lowest BCUT2D eigenvalue weighted by Gasteiger charge is -2.08. The van der Waals surface area contributed by atoms with Crippen molar-refractivity contribution in [1.82, 2.24) is 0 Å². The number of nitrogens with one attached hydrogen (secondary N) is 1. The molecule has 116 valence electrons. The van der Waals surface area contributed by atoms with Crippen LogP contribution in [0.3, 0.4) is 0 Å². The predicted octanol–water partition coefficient (Wildman–Crippen LogP) is 3.71. The van der Waals surface area contributed by atoms with Crippen LogP contribution in [0.4, 0.5) is 5.69 Å². The van der Waals surface area contributed by atoms with Crippen LogP contribution in [0.15, 0.2) is 51.7 Å². The SMILES string of the molecule is Cc1ccc(Cl)cc1NC(=O)c1cc2ccc(O)cc2oc1=O. The van der Waals surface area contributed by atoms with E-state index in [1.54, 1.807) is 24.3 Å². The minimum atomic E-state index is -0.778. The highest BCUT2D eigenvalue weighted by atomic mass is 35.5. The van der Waals surface area contributed by atoms with Gasteiger partial charge in [-0.3, -0.25) is 4.79 Å². The van der Waals surface area contributed by atoms with Gasteiger partial charge in [-0.1, -0.05) is 17.7 Å². The zero-order valence-corrected chi connectivity index (χ0v) is 12.8. The summed E-state index contributed by atoms with van der Waals surface area (Å²) in [6.07, 6.45) is 0. The third-order valence-electron chi connectivity index (χ3n) is 3.41. The maximum atomic E-state index is 12.3. The van der Waals surface area contributed by atoms with E-state index in [0.29, 0.717) is 16.1 Å². The van der Waals surface area contributed by atoms with Crippen molar-refractivity contribution in [3.8, 4) is 5.75 Å². The van der Waals surface area contributed by atoms with Crippen molar-refractivity contribution in [3.05, 3.63) is 69.0 Å². The second kappa shape index (κ2) is 5.78. The van der Waals surface area contributed by atoms with Crippen LogP contribution < -0.4 is 10.9 Å². The molecule has 0 aliphatic rings. The van der Waals surface area contributed by atoms with Crippen LogP contribution in [0, 0.1) is 6.92 Å². The summed E-state index contributed by atoms with van der Waals surface area (Å²) in [6.45, 7) is 1.82. The molecule has 2 aromatic carbocycles. The van der Waals surface area contributed by atoms with E-state index in [-0.39, 0.29) is 16.9 Å². The molecule has 0 unspecified atom stereocenters. The Morgan fingerprint density at radius 1 is 1.17 bits per heavy atom. The number of carbonyl (C=O) groups excluding carboxylic acids is 1. The fraction of sp³-hybridized carbons (Fsp3) is 0.0588. The minimum absolute atomic E-state index is 0.0209. The molecule has 6 heteroatoms. The van der Waals surface area contributed by atoms with E-state index in [2.05, 4.69) is 5.32 Å². The van der Waals surface area contributed by atoms with E-state index in [1.165, 1.54) is 18.2 Å². The number of phenolic OH excluding ortho intramolecular Hbond substituents is 1. The van der Waals surface area contributed by atoms with E-state index in [9.17, 15) is 14.7 Å². The zero-order chi connectivity index (χ0) is 16.6. The van der Waals surface area contributed by atoms with E-state index < -0.39 is 11.5 Å². The Morgan fingerprint density at radius 3 is 2.74 bits per heavy atom. The molecule has 1 aromatic heterocycles. The summed E-state index contributed by atoms with van der Waals surface area (Å²) in [5.74, 6) is -0.605. The van der Waals surface area contributed by atoms with Gasteiger partial charge in [0.2, 0.25) is 0 Å². The van der Waals surface area contributed by atoms with Gasteiger partial charge in [0.25, 0.3) is 5.91 Å². The second-order valence-electron chi connectivity index (χ2n) is 5.08. The molecule has 0 saturated heterocycles. The number of halogens is 1. The lowest BCUT2D eigenvalue weighted by molar-refractivity contribution is 0.102. The van der Waals surface area contributed by atoms with Gasteiger partial charge in [-0.05, 0) is 42.8 Å². The van der Waals surface area contributed by atoms with Crippen molar-refractivity contribution in [2.24, 2.45) is 0 Å². The summed E-state index contributed by atoms with van der Waals surface area (Å²) in [4.78, 5) is 24.3. The number of rotatable bonds is 2. The van der Waals surface area contributed by atoms with Crippen LogP contribution in [0.5, 0.6) is 5.75 Å². The molecule has 2 N–H and O–H groups in total. The Balaban J connectivity index is 2.00. The molecule has 0 fully saturated rings. The summed E-state index contributed by atoms with van der Waals surface area (Å²) in [6, 6.07) is 10.8. The van der Waals surface area contributed by atoms with Crippen molar-refractivity contribution in [1.29, 1.82) is 0 Å². The summed E-state index contributed by atoms with van der Waals surface area (Å²) >= 11 is 5.92. The molecule has 23 heavy (non-hydrogen) atoms. The maximum absolute atomic E-state index is 12.3. The molecule has 3 aromatic rings. The first kappa shape index (κ1) is 15.1. The van der Waals surface area contributed by atoms with Crippen LogP contribution in [0.2, 0.25) is 5.02 Å². The van der Waals surface area contributed by atoms with Gasteiger partial charge in [-0.25, -0.2) is 4.79 Å². The second-order valence-corrected chi connectivity index (χ2v) is 5.52. The van der Waals surface area contributed by atoms with E-state index in [0.717, 1.165) is 5.56 Å². The zero-order valence-electron chi connectivity index (χ0n) is 12.1. The lowest BCUT2D eigenvalue weighted by atomic mass is 10.1. The molecule has 1 heterocycles. The first-order chi connectivity index (χ1) is 10.9. The van der Waals surface area contributed by atoms with Crippen molar-refractivity contribution >= 4 is 34.2 Å². The molecule has 0 atom stereocenters. The number of fused-ring (bicyclic) bond motifs is 1. The molecule has 0 bridgehead atoms. The molecule has 0 aliphatic carbocycles. The largest absolute Gasteiger partial charge is 0.508 e. The number of benzene rings is 2. The maximum Gasteiger partial charge on any atom is 0.349 e. The molecule has 1 amide bonds. The molecule has 5 nitrogen and oxygen atoms in total. The molecule has 0 saturated carbocycles. The number of amides is 1. The van der Waals surface area contributed by atoms with Gasteiger partial charge in [0.15, 0.2) is 0 Å². The third-order valence-corrected chi connectivity index (χ3v) is 3.65. The van der Waals surface area contributed by atoms with Crippen LogP contribution in [0.1, 0.15) is 15.9 Å². The average Bonchev–Trinajstić information content (AvgIpc) is 2.50. The van der Waals surface area contributed by atoms with Crippen LogP contribution >= 0.6 is 11.6 Å². The summed E-state index contributed by atoms with van der Waals surface area (Å²) < 4.78 is 5.08. The lowest BCUT2D eigenvalue weighted by Crippen LogP contribution is -2.21. The number of anilines is 1. The van der Waals surface area contributed by atoms with Gasteiger partial charge < -0.3 is 14.8 Å². The minimum Gasteiger partial charge on any atom is -0.508 e. The number of hydrogen-bond acceptors (Lipinski definition) is 4. The van der Waals surface area contributed by atoms with Crippen LogP contribution in [0.25, 0.3) is 11.0 Å². The Kier molecular flexibility index (Phi) is 3.80. The molecule has 0 spiro atoms. The predicted molar refractivity (Wildman–Crippen MR) is 88.3 cm³/mol. The Bertz CT molecular complexity index is 978. The number of carbonyl (C=O) groups is 1. The van der Waals surface area contributed by atoms with Crippen LogP contribution in [-0.4, -0.2) is 11.0 Å². The standard InChI is InChI=1S/C17H12ClNO4/c1-9-2-4-11(18)7-14(9)19-16(21)13-6-10-3-5-12(20)8-15(10)23-17(13)22/h2-8,20H,1H3,(H,19,21). The molecule has 3 rings (SSSR count). The first-order valence-electron chi connectivity index (χ1n) is 6.78. The smallest absolute Gasteiger partial charge is 0.349 e. The van der Waals surface area contributed by atoms with Gasteiger partial charge in [0.1, 0.15) is 16.9 Å². The fourth-order valence-corrected chi connectivity index (χ4v) is 2.35. The topological polar surface area (TPSA) is 79.5 Å². The summed E-state index contributed by atoms with van der Waals surface area (Å²) in [5.41, 5.74) is 0.652. The van der Waals surface area contributed by atoms with E-state index in [1.807, 2.05) is 6.92 Å². The van der Waals surface area contributed by atoms with Crippen molar-refractivity contribution in [2.75, 3.05) is 5.32 Å². The van der Waals surface area contributed by atoms with Gasteiger partial charge in [0.05, 0.1) is 0 Å². The average molecular weight is 330 g/mol. The quantitative estimate of drug-likeness (QED) is 0.702. The summed E-state index contributed by atoms with van der Waals surface area (Å²) in [5, 5.41) is 13.1. The van der Waals surface area contributed by atoms with Crippen molar-refractivity contribution in [2.45, 2.75) is 6.92 Å². The Hall–Kier alpha value is -2.79. The van der Waals surface area contributed by atoms with Gasteiger partial charge in [-0.2, -0.15) is 0 Å². The van der Waals surface area contributed by atoms with Gasteiger partial charge in [-0.15, -0.1) is 0 Å². The molecule has 0 aliphatic heterocycles. The highest BCUT2D eigenvalue weighted by molar-refractivity contribution is 6.31. The fourth-order valence-electron chi connectivity index (χ4n) is 2.18. The highest BCUT2D eigenvalue weighted by Crippen LogP contribution is 2.22. The molecular weight excluding hydrogens is 318 g/mol. The number of hydrogen-bond donors (Lipinski definition) is 2. The summed E-state index contributed by atoms with van der Waals surface area (Å²) in [7, 11) is 0. The number of phenols is 1. The monoisotopic (exact) mass is 329 g/mol. The van der Waals surface area contributed by atoms with Gasteiger partial charge in [0, 0.05) is 22.2 Å².